The van der Waals surface area contributed by atoms with Crippen LogP contribution in [0, 0.1) is 5.41 Å². The number of rotatable bonds is 1. The van der Waals surface area contributed by atoms with E-state index in [1.807, 2.05) is 26.0 Å². The zero-order chi connectivity index (χ0) is 13.3. The normalized spacial score (nSPS) is 18.8. The molecule has 0 atom stereocenters. The van der Waals surface area contributed by atoms with E-state index < -0.39 is 5.41 Å². The molecule has 3 nitrogen and oxygen atoms in total. The fourth-order valence-electron chi connectivity index (χ4n) is 2.17. The molecule has 0 spiro atoms. The van der Waals surface area contributed by atoms with Crippen molar-refractivity contribution >= 4 is 27.6 Å². The first-order chi connectivity index (χ1) is 8.40. The summed E-state index contributed by atoms with van der Waals surface area (Å²) in [7, 11) is 0. The van der Waals surface area contributed by atoms with Crippen LogP contribution >= 0.6 is 15.9 Å². The van der Waals surface area contributed by atoms with E-state index in [4.69, 9.17) is 0 Å². The topological polar surface area (TPSA) is 37.4 Å². The molecule has 1 saturated heterocycles. The number of Topliss-reactive ketones (excluding diaryl/α,β-unsaturated/α-hetero) is 1. The van der Waals surface area contributed by atoms with E-state index in [2.05, 4.69) is 15.9 Å². The van der Waals surface area contributed by atoms with Crippen molar-refractivity contribution in [3.8, 4) is 0 Å². The van der Waals surface area contributed by atoms with Gasteiger partial charge >= 0.3 is 0 Å². The van der Waals surface area contributed by atoms with Crippen LogP contribution in [0.15, 0.2) is 28.7 Å². The summed E-state index contributed by atoms with van der Waals surface area (Å²) in [5, 5.41) is 0. The Hall–Kier alpha value is -1.16. The maximum atomic E-state index is 12.3. The zero-order valence-corrected chi connectivity index (χ0v) is 12.2. The van der Waals surface area contributed by atoms with Crippen molar-refractivity contribution in [3.05, 3.63) is 34.3 Å². The molecule has 0 aromatic heterocycles. The molecule has 0 N–H and O–H groups in total. The van der Waals surface area contributed by atoms with E-state index in [-0.39, 0.29) is 11.7 Å². The number of ketones is 1. The number of likely N-dealkylation sites (tertiary alicyclic amines) is 1. The van der Waals surface area contributed by atoms with Crippen LogP contribution in [0.5, 0.6) is 0 Å². The Morgan fingerprint density at radius 3 is 2.44 bits per heavy atom. The van der Waals surface area contributed by atoms with E-state index in [1.54, 1.807) is 17.0 Å². The third kappa shape index (κ3) is 2.64. The minimum Gasteiger partial charge on any atom is -0.337 e. The highest BCUT2D eigenvalue weighted by molar-refractivity contribution is 9.10. The molecule has 1 amide bonds. The molecular formula is C14H16BrNO2. The molecule has 1 aliphatic heterocycles. The fourth-order valence-corrected chi connectivity index (χ4v) is 2.43. The molecule has 1 aromatic carbocycles. The summed E-state index contributed by atoms with van der Waals surface area (Å²) in [6.45, 7) is 4.82. The van der Waals surface area contributed by atoms with Crippen molar-refractivity contribution < 1.29 is 9.59 Å². The predicted molar refractivity (Wildman–Crippen MR) is 73.5 cm³/mol. The third-order valence-electron chi connectivity index (χ3n) is 3.33. The Morgan fingerprint density at radius 1 is 1.28 bits per heavy atom. The maximum absolute atomic E-state index is 12.3. The van der Waals surface area contributed by atoms with Gasteiger partial charge in [0.15, 0.2) is 0 Å². The van der Waals surface area contributed by atoms with Gasteiger partial charge in [-0.1, -0.05) is 29.8 Å². The lowest BCUT2D eigenvalue weighted by molar-refractivity contribution is -0.130. The van der Waals surface area contributed by atoms with Gasteiger partial charge in [-0.3, -0.25) is 9.59 Å². The predicted octanol–water partition coefficient (Wildman–Crippen LogP) is 2.89. The molecule has 0 aliphatic carbocycles. The van der Waals surface area contributed by atoms with Crippen molar-refractivity contribution in [2.45, 2.75) is 20.3 Å². The second-order valence-corrected chi connectivity index (χ2v) is 6.21. The van der Waals surface area contributed by atoms with Crippen LogP contribution in [0.4, 0.5) is 0 Å². The number of halogens is 1. The number of hydrogen-bond donors (Lipinski definition) is 0. The zero-order valence-electron chi connectivity index (χ0n) is 10.6. The number of carbonyl (C=O) groups excluding carboxylic acids is 2. The van der Waals surface area contributed by atoms with Gasteiger partial charge in [-0.05, 0) is 24.3 Å². The summed E-state index contributed by atoms with van der Waals surface area (Å²) in [5.74, 6) is 0.241. The Kier molecular flexibility index (Phi) is 3.57. The molecule has 0 unspecified atom stereocenters. The summed E-state index contributed by atoms with van der Waals surface area (Å²) in [4.78, 5) is 25.8. The molecule has 1 heterocycles. The first kappa shape index (κ1) is 13.3. The number of benzene rings is 1. The highest BCUT2D eigenvalue weighted by Gasteiger charge is 2.36. The van der Waals surface area contributed by atoms with Gasteiger partial charge in [0.05, 0.1) is 0 Å². The van der Waals surface area contributed by atoms with Crippen LogP contribution in [0.1, 0.15) is 30.6 Å². The highest BCUT2D eigenvalue weighted by Crippen LogP contribution is 2.26. The van der Waals surface area contributed by atoms with E-state index in [1.165, 1.54) is 0 Å². The molecule has 1 aliphatic rings. The van der Waals surface area contributed by atoms with Crippen molar-refractivity contribution in [2.75, 3.05) is 13.1 Å². The lowest BCUT2D eigenvalue weighted by Gasteiger charge is -2.36. The summed E-state index contributed by atoms with van der Waals surface area (Å²) in [6.07, 6.45) is 0.454. The van der Waals surface area contributed by atoms with Gasteiger partial charge in [0.25, 0.3) is 5.91 Å². The van der Waals surface area contributed by atoms with Gasteiger partial charge in [0.2, 0.25) is 0 Å². The van der Waals surface area contributed by atoms with Gasteiger partial charge in [0.1, 0.15) is 5.78 Å². The lowest BCUT2D eigenvalue weighted by atomic mass is 9.82. The van der Waals surface area contributed by atoms with Gasteiger partial charge in [-0.25, -0.2) is 0 Å². The molecule has 4 heteroatoms. The molecule has 0 radical (unpaired) electrons. The first-order valence-corrected chi connectivity index (χ1v) is 6.77. The minimum absolute atomic E-state index is 0.00285. The average Bonchev–Trinajstić information content (AvgIpc) is 2.33. The molecule has 1 fully saturated rings. The number of hydrogen-bond acceptors (Lipinski definition) is 2. The summed E-state index contributed by atoms with van der Waals surface area (Å²) < 4.78 is 0.952. The minimum atomic E-state index is -0.427. The maximum Gasteiger partial charge on any atom is 0.253 e. The standard InChI is InChI=1S/C14H16BrNO2/c1-14(2)9-16(8-7-12(14)17)13(18)10-3-5-11(15)6-4-10/h3-6H,7-9H2,1-2H3. The first-order valence-electron chi connectivity index (χ1n) is 5.98. The average molecular weight is 310 g/mol. The Labute approximate surface area is 115 Å². The molecule has 18 heavy (non-hydrogen) atoms. The van der Waals surface area contributed by atoms with Crippen molar-refractivity contribution in [2.24, 2.45) is 5.41 Å². The largest absolute Gasteiger partial charge is 0.337 e. The van der Waals surface area contributed by atoms with Crippen LogP contribution in [0.3, 0.4) is 0 Å². The molecule has 2 rings (SSSR count). The van der Waals surface area contributed by atoms with Crippen LogP contribution in [-0.2, 0) is 4.79 Å². The fraction of sp³-hybridized carbons (Fsp3) is 0.429. The molecule has 0 saturated carbocycles. The van der Waals surface area contributed by atoms with Crippen LogP contribution < -0.4 is 0 Å². The van der Waals surface area contributed by atoms with E-state index in [0.29, 0.717) is 25.1 Å². The number of piperidine rings is 1. The number of carbonyl (C=O) groups is 2. The summed E-state index contributed by atoms with van der Waals surface area (Å²) >= 11 is 3.35. The van der Waals surface area contributed by atoms with Crippen molar-refractivity contribution in [1.29, 1.82) is 0 Å². The Bertz CT molecular complexity index is 479. The third-order valence-corrected chi connectivity index (χ3v) is 3.86. The van der Waals surface area contributed by atoms with E-state index >= 15 is 0 Å². The Balaban J connectivity index is 2.15. The van der Waals surface area contributed by atoms with Crippen LogP contribution in [0.25, 0.3) is 0 Å². The summed E-state index contributed by atoms with van der Waals surface area (Å²) in [5.41, 5.74) is 0.242. The van der Waals surface area contributed by atoms with Crippen LogP contribution in [0.2, 0.25) is 0 Å². The number of nitrogens with zero attached hydrogens (tertiary/aromatic N) is 1. The van der Waals surface area contributed by atoms with Crippen molar-refractivity contribution in [3.63, 3.8) is 0 Å². The molecule has 0 bridgehead atoms. The highest BCUT2D eigenvalue weighted by atomic mass is 79.9. The quantitative estimate of drug-likeness (QED) is 0.800. The lowest BCUT2D eigenvalue weighted by Crippen LogP contribution is -2.48. The molecular weight excluding hydrogens is 294 g/mol. The smallest absolute Gasteiger partial charge is 0.253 e. The van der Waals surface area contributed by atoms with Gasteiger partial charge in [0, 0.05) is 35.0 Å². The number of amides is 1. The Morgan fingerprint density at radius 2 is 1.89 bits per heavy atom. The van der Waals surface area contributed by atoms with E-state index in [0.717, 1.165) is 4.47 Å². The SMILES string of the molecule is CC1(C)CN(C(=O)c2ccc(Br)cc2)CCC1=O. The van der Waals surface area contributed by atoms with Gasteiger partial charge < -0.3 is 4.90 Å². The monoisotopic (exact) mass is 309 g/mol. The van der Waals surface area contributed by atoms with E-state index in [9.17, 15) is 9.59 Å². The molecule has 96 valence electrons. The van der Waals surface area contributed by atoms with Crippen molar-refractivity contribution in [1.82, 2.24) is 4.90 Å². The molecule has 1 aromatic rings. The second kappa shape index (κ2) is 4.84. The summed E-state index contributed by atoms with van der Waals surface area (Å²) in [6, 6.07) is 7.31. The van der Waals surface area contributed by atoms with Gasteiger partial charge in [-0.2, -0.15) is 0 Å². The van der Waals surface area contributed by atoms with Crippen LogP contribution in [-0.4, -0.2) is 29.7 Å². The second-order valence-electron chi connectivity index (χ2n) is 5.29. The van der Waals surface area contributed by atoms with Gasteiger partial charge in [-0.15, -0.1) is 0 Å².